The van der Waals surface area contributed by atoms with Gasteiger partial charge in [0, 0.05) is 6.04 Å². The van der Waals surface area contributed by atoms with Crippen molar-refractivity contribution in [3.63, 3.8) is 0 Å². The first-order chi connectivity index (χ1) is 9.51. The molecule has 0 bridgehead atoms. The van der Waals surface area contributed by atoms with Crippen LogP contribution in [0.5, 0.6) is 5.75 Å². The third-order valence-electron chi connectivity index (χ3n) is 3.82. The number of carboxylic acids is 1. The summed E-state index contributed by atoms with van der Waals surface area (Å²) in [5.74, 6) is -0.735. The molecule has 1 aromatic rings. The number of carbonyl (C=O) groups is 2. The Kier molecular flexibility index (Phi) is 4.27. The van der Waals surface area contributed by atoms with Crippen LogP contribution in [0.25, 0.3) is 0 Å². The number of benzene rings is 1. The van der Waals surface area contributed by atoms with Crippen LogP contribution in [-0.2, 0) is 9.59 Å². The molecule has 5 heteroatoms. The lowest BCUT2D eigenvalue weighted by Crippen LogP contribution is -2.47. The second-order valence-corrected chi connectivity index (χ2v) is 5.21. The zero-order valence-electron chi connectivity index (χ0n) is 11.6. The van der Waals surface area contributed by atoms with Crippen LogP contribution in [-0.4, -0.2) is 30.1 Å². The number of ether oxygens (including phenoxy) is 1. The van der Waals surface area contributed by atoms with Crippen LogP contribution in [0.1, 0.15) is 31.2 Å². The topological polar surface area (TPSA) is 75.6 Å². The van der Waals surface area contributed by atoms with Crippen LogP contribution < -0.4 is 10.1 Å². The van der Waals surface area contributed by atoms with E-state index in [2.05, 4.69) is 5.32 Å². The molecule has 0 heterocycles. The predicted octanol–water partition coefficient (Wildman–Crippen LogP) is 1.78. The Morgan fingerprint density at radius 3 is 2.70 bits per heavy atom. The molecule has 2 rings (SSSR count). The minimum atomic E-state index is -0.781. The van der Waals surface area contributed by atoms with Crippen molar-refractivity contribution in [2.45, 2.75) is 31.7 Å². The minimum absolute atomic E-state index is 0.0170. The Bertz CT molecular complexity index is 508. The van der Waals surface area contributed by atoms with Gasteiger partial charge in [0.05, 0.1) is 18.9 Å². The summed E-state index contributed by atoms with van der Waals surface area (Å²) >= 11 is 0. The molecule has 1 saturated carbocycles. The third-order valence-corrected chi connectivity index (χ3v) is 3.82. The number of rotatable bonds is 5. The largest absolute Gasteiger partial charge is 0.497 e. The molecule has 1 aromatic carbocycles. The van der Waals surface area contributed by atoms with E-state index in [0.717, 1.165) is 11.3 Å². The van der Waals surface area contributed by atoms with Gasteiger partial charge in [-0.2, -0.15) is 0 Å². The molecule has 1 fully saturated rings. The number of amides is 1. The van der Waals surface area contributed by atoms with Gasteiger partial charge in [-0.25, -0.2) is 0 Å². The summed E-state index contributed by atoms with van der Waals surface area (Å²) in [6.45, 7) is 1.83. The molecule has 0 spiro atoms. The van der Waals surface area contributed by atoms with E-state index < -0.39 is 5.97 Å². The van der Waals surface area contributed by atoms with E-state index in [1.165, 1.54) is 0 Å². The van der Waals surface area contributed by atoms with E-state index in [1.54, 1.807) is 7.11 Å². The third kappa shape index (κ3) is 3.10. The van der Waals surface area contributed by atoms with E-state index in [4.69, 9.17) is 9.84 Å². The first-order valence-corrected chi connectivity index (χ1v) is 6.68. The highest BCUT2D eigenvalue weighted by atomic mass is 16.5. The SMILES string of the molecule is COc1cccc(C(C)C(=O)NC2CC(C(=O)O)C2)c1. The highest BCUT2D eigenvalue weighted by molar-refractivity contribution is 5.84. The van der Waals surface area contributed by atoms with E-state index in [1.807, 2.05) is 31.2 Å². The number of hydrogen-bond acceptors (Lipinski definition) is 3. The molecule has 1 amide bonds. The van der Waals surface area contributed by atoms with Gasteiger partial charge in [-0.15, -0.1) is 0 Å². The summed E-state index contributed by atoms with van der Waals surface area (Å²) in [4.78, 5) is 22.8. The fourth-order valence-electron chi connectivity index (χ4n) is 2.33. The van der Waals surface area contributed by atoms with Crippen molar-refractivity contribution < 1.29 is 19.4 Å². The van der Waals surface area contributed by atoms with Crippen LogP contribution in [0.15, 0.2) is 24.3 Å². The molecule has 1 unspecified atom stereocenters. The van der Waals surface area contributed by atoms with Crippen molar-refractivity contribution in [1.29, 1.82) is 0 Å². The molecule has 2 N–H and O–H groups in total. The molecule has 5 nitrogen and oxygen atoms in total. The van der Waals surface area contributed by atoms with E-state index in [0.29, 0.717) is 12.8 Å². The predicted molar refractivity (Wildman–Crippen MR) is 73.7 cm³/mol. The Morgan fingerprint density at radius 2 is 2.10 bits per heavy atom. The number of nitrogens with one attached hydrogen (secondary N) is 1. The molecule has 1 aliphatic rings. The zero-order chi connectivity index (χ0) is 14.7. The molecule has 108 valence electrons. The molecular formula is C15H19NO4. The van der Waals surface area contributed by atoms with Crippen LogP contribution in [0, 0.1) is 5.92 Å². The first kappa shape index (κ1) is 14.4. The van der Waals surface area contributed by atoms with Crippen molar-refractivity contribution in [1.82, 2.24) is 5.32 Å². The average molecular weight is 277 g/mol. The van der Waals surface area contributed by atoms with Crippen molar-refractivity contribution in [3.05, 3.63) is 29.8 Å². The molecule has 0 aliphatic heterocycles. The summed E-state index contributed by atoms with van der Waals surface area (Å²) < 4.78 is 5.14. The number of carbonyl (C=O) groups excluding carboxylic acids is 1. The van der Waals surface area contributed by atoms with Gasteiger partial charge in [0.1, 0.15) is 5.75 Å². The highest BCUT2D eigenvalue weighted by Gasteiger charge is 2.35. The van der Waals surface area contributed by atoms with Gasteiger partial charge in [-0.1, -0.05) is 12.1 Å². The van der Waals surface area contributed by atoms with E-state index >= 15 is 0 Å². The van der Waals surface area contributed by atoms with Gasteiger partial charge in [0.15, 0.2) is 0 Å². The normalized spacial score (nSPS) is 22.5. The van der Waals surface area contributed by atoms with Crippen molar-refractivity contribution >= 4 is 11.9 Å². The Labute approximate surface area is 117 Å². The maximum absolute atomic E-state index is 12.1. The number of hydrogen-bond donors (Lipinski definition) is 2. The smallest absolute Gasteiger partial charge is 0.306 e. The second-order valence-electron chi connectivity index (χ2n) is 5.21. The lowest BCUT2D eigenvalue weighted by molar-refractivity contribution is -0.146. The standard InChI is InChI=1S/C15H19NO4/c1-9(10-4-3-5-13(8-10)20-2)14(17)16-12-6-11(7-12)15(18)19/h3-5,8-9,11-12H,6-7H2,1-2H3,(H,16,17)(H,18,19). The summed E-state index contributed by atoms with van der Waals surface area (Å²) in [5, 5.41) is 11.7. The quantitative estimate of drug-likeness (QED) is 0.860. The maximum atomic E-state index is 12.1. The van der Waals surface area contributed by atoms with Crippen molar-refractivity contribution in [2.24, 2.45) is 5.92 Å². The lowest BCUT2D eigenvalue weighted by atomic mass is 9.80. The highest BCUT2D eigenvalue weighted by Crippen LogP contribution is 2.28. The Balaban J connectivity index is 1.91. The second kappa shape index (κ2) is 5.94. The summed E-state index contributed by atoms with van der Waals surface area (Å²) in [7, 11) is 1.59. The number of methoxy groups -OCH3 is 1. The van der Waals surface area contributed by atoms with Crippen molar-refractivity contribution in [2.75, 3.05) is 7.11 Å². The van der Waals surface area contributed by atoms with Gasteiger partial charge in [-0.05, 0) is 37.5 Å². The van der Waals surface area contributed by atoms with E-state index in [-0.39, 0.29) is 23.8 Å². The van der Waals surface area contributed by atoms with E-state index in [9.17, 15) is 9.59 Å². The molecule has 1 atom stereocenters. The summed E-state index contributed by atoms with van der Waals surface area (Å²) in [6, 6.07) is 7.38. The van der Waals surface area contributed by atoms with Gasteiger partial charge in [0.25, 0.3) is 0 Å². The maximum Gasteiger partial charge on any atom is 0.306 e. The molecule has 1 aliphatic carbocycles. The molecule has 0 aromatic heterocycles. The minimum Gasteiger partial charge on any atom is -0.497 e. The average Bonchev–Trinajstić information content (AvgIpc) is 2.40. The van der Waals surface area contributed by atoms with Gasteiger partial charge >= 0.3 is 5.97 Å². The molecule has 0 saturated heterocycles. The lowest BCUT2D eigenvalue weighted by Gasteiger charge is -2.33. The van der Waals surface area contributed by atoms with Crippen LogP contribution in [0.3, 0.4) is 0 Å². The van der Waals surface area contributed by atoms with Crippen LogP contribution >= 0.6 is 0 Å². The number of carboxylic acid groups (broad SMARTS) is 1. The number of aliphatic carboxylic acids is 1. The van der Waals surface area contributed by atoms with Crippen LogP contribution in [0.2, 0.25) is 0 Å². The van der Waals surface area contributed by atoms with Gasteiger partial charge in [0.2, 0.25) is 5.91 Å². The zero-order valence-corrected chi connectivity index (χ0v) is 11.6. The molecule has 0 radical (unpaired) electrons. The Morgan fingerprint density at radius 1 is 1.40 bits per heavy atom. The first-order valence-electron chi connectivity index (χ1n) is 6.68. The fourth-order valence-corrected chi connectivity index (χ4v) is 2.33. The monoisotopic (exact) mass is 277 g/mol. The van der Waals surface area contributed by atoms with Crippen molar-refractivity contribution in [3.8, 4) is 5.75 Å². The Hall–Kier alpha value is -2.04. The summed E-state index contributed by atoms with van der Waals surface area (Å²) in [6.07, 6.45) is 1.04. The van der Waals surface area contributed by atoms with Gasteiger partial charge in [-0.3, -0.25) is 9.59 Å². The molecular weight excluding hydrogens is 258 g/mol. The molecule has 20 heavy (non-hydrogen) atoms. The van der Waals surface area contributed by atoms with Crippen LogP contribution in [0.4, 0.5) is 0 Å². The summed E-state index contributed by atoms with van der Waals surface area (Å²) in [5.41, 5.74) is 0.885. The van der Waals surface area contributed by atoms with Gasteiger partial charge < -0.3 is 15.2 Å². The fraction of sp³-hybridized carbons (Fsp3) is 0.467.